The molecule has 2 aromatic carbocycles. The van der Waals surface area contributed by atoms with Gasteiger partial charge in [-0.15, -0.1) is 12.3 Å². The SMILES string of the molecule is C#CCC(O)C(C)N(Cc1ccccc1)Cc1ccccc1. The Morgan fingerprint density at radius 1 is 0.955 bits per heavy atom. The van der Waals surface area contributed by atoms with Gasteiger partial charge in [0.15, 0.2) is 0 Å². The normalized spacial score (nSPS) is 13.5. The lowest BCUT2D eigenvalue weighted by Gasteiger charge is -2.32. The van der Waals surface area contributed by atoms with Crippen molar-refractivity contribution in [2.24, 2.45) is 0 Å². The van der Waals surface area contributed by atoms with E-state index in [1.54, 1.807) is 0 Å². The van der Waals surface area contributed by atoms with Crippen molar-refractivity contribution in [1.29, 1.82) is 0 Å². The fraction of sp³-hybridized carbons (Fsp3) is 0.300. The first-order chi connectivity index (χ1) is 10.7. The minimum absolute atomic E-state index is 0.00328. The average Bonchev–Trinajstić information content (AvgIpc) is 2.56. The van der Waals surface area contributed by atoms with Gasteiger partial charge in [-0.2, -0.15) is 0 Å². The Morgan fingerprint density at radius 3 is 1.82 bits per heavy atom. The molecule has 0 amide bonds. The van der Waals surface area contributed by atoms with Gasteiger partial charge in [0.1, 0.15) is 0 Å². The number of nitrogens with zero attached hydrogens (tertiary/aromatic N) is 1. The van der Waals surface area contributed by atoms with Crippen LogP contribution in [0.4, 0.5) is 0 Å². The number of hydrogen-bond acceptors (Lipinski definition) is 2. The highest BCUT2D eigenvalue weighted by atomic mass is 16.3. The molecule has 0 heterocycles. The number of benzene rings is 2. The van der Waals surface area contributed by atoms with Gasteiger partial charge in [0.25, 0.3) is 0 Å². The van der Waals surface area contributed by atoms with Crippen molar-refractivity contribution in [3.8, 4) is 12.3 Å². The first-order valence-corrected chi connectivity index (χ1v) is 7.64. The maximum absolute atomic E-state index is 10.3. The van der Waals surface area contributed by atoms with Crippen LogP contribution in [-0.4, -0.2) is 22.2 Å². The number of hydrogen-bond donors (Lipinski definition) is 1. The first kappa shape index (κ1) is 16.3. The molecule has 0 aromatic heterocycles. The van der Waals surface area contributed by atoms with E-state index in [0.717, 1.165) is 13.1 Å². The van der Waals surface area contributed by atoms with Crippen LogP contribution in [0.1, 0.15) is 24.5 Å². The Kier molecular flexibility index (Phi) is 6.21. The summed E-state index contributed by atoms with van der Waals surface area (Å²) in [6.07, 6.45) is 5.20. The molecule has 2 atom stereocenters. The third kappa shape index (κ3) is 4.73. The zero-order valence-electron chi connectivity index (χ0n) is 13.0. The van der Waals surface area contributed by atoms with Crippen LogP contribution in [0.15, 0.2) is 60.7 Å². The van der Waals surface area contributed by atoms with Crippen molar-refractivity contribution in [2.75, 3.05) is 0 Å². The molecule has 0 saturated carbocycles. The van der Waals surface area contributed by atoms with E-state index in [1.165, 1.54) is 11.1 Å². The van der Waals surface area contributed by atoms with Gasteiger partial charge in [-0.1, -0.05) is 60.7 Å². The maximum Gasteiger partial charge on any atom is 0.0801 e. The van der Waals surface area contributed by atoms with Crippen LogP contribution in [0, 0.1) is 12.3 Å². The van der Waals surface area contributed by atoms with Crippen molar-refractivity contribution >= 4 is 0 Å². The summed E-state index contributed by atoms with van der Waals surface area (Å²) >= 11 is 0. The molecule has 0 saturated heterocycles. The van der Waals surface area contributed by atoms with Crippen molar-refractivity contribution in [3.63, 3.8) is 0 Å². The Labute approximate surface area is 133 Å². The molecule has 1 N–H and O–H groups in total. The summed E-state index contributed by atoms with van der Waals surface area (Å²) in [7, 11) is 0. The molecular formula is C20H23NO. The monoisotopic (exact) mass is 293 g/mol. The van der Waals surface area contributed by atoms with Gasteiger partial charge in [-0.05, 0) is 18.1 Å². The van der Waals surface area contributed by atoms with Crippen LogP contribution >= 0.6 is 0 Å². The topological polar surface area (TPSA) is 23.5 Å². The highest BCUT2D eigenvalue weighted by Gasteiger charge is 2.21. The molecule has 2 rings (SSSR count). The van der Waals surface area contributed by atoms with E-state index in [9.17, 15) is 5.11 Å². The molecule has 0 aliphatic heterocycles. The highest BCUT2D eigenvalue weighted by molar-refractivity contribution is 5.17. The summed E-state index contributed by atoms with van der Waals surface area (Å²) in [5.74, 6) is 2.55. The van der Waals surface area contributed by atoms with E-state index in [0.29, 0.717) is 6.42 Å². The molecule has 2 aromatic rings. The van der Waals surface area contributed by atoms with Crippen LogP contribution in [0.5, 0.6) is 0 Å². The van der Waals surface area contributed by atoms with E-state index in [1.807, 2.05) is 43.3 Å². The highest BCUT2D eigenvalue weighted by Crippen LogP contribution is 2.16. The molecule has 0 bridgehead atoms. The average molecular weight is 293 g/mol. The zero-order chi connectivity index (χ0) is 15.8. The molecule has 2 nitrogen and oxygen atoms in total. The molecule has 2 heteroatoms. The smallest absolute Gasteiger partial charge is 0.0801 e. The zero-order valence-corrected chi connectivity index (χ0v) is 13.0. The second-order valence-electron chi connectivity index (χ2n) is 5.59. The molecule has 0 radical (unpaired) electrons. The van der Waals surface area contributed by atoms with Crippen LogP contribution in [-0.2, 0) is 13.1 Å². The number of aliphatic hydroxyl groups excluding tert-OH is 1. The Balaban J connectivity index is 2.14. The largest absolute Gasteiger partial charge is 0.391 e. The predicted octanol–water partition coefficient (Wildman–Crippen LogP) is 3.46. The van der Waals surface area contributed by atoms with Gasteiger partial charge in [0.05, 0.1) is 6.10 Å². The van der Waals surface area contributed by atoms with Crippen LogP contribution < -0.4 is 0 Å². The van der Waals surface area contributed by atoms with Crippen molar-refractivity contribution in [3.05, 3.63) is 71.8 Å². The lowest BCUT2D eigenvalue weighted by molar-refractivity contribution is 0.0524. The summed E-state index contributed by atoms with van der Waals surface area (Å²) in [6, 6.07) is 20.6. The fourth-order valence-electron chi connectivity index (χ4n) is 2.51. The lowest BCUT2D eigenvalue weighted by atomic mass is 10.1. The van der Waals surface area contributed by atoms with Crippen LogP contribution in [0.25, 0.3) is 0 Å². The summed E-state index contributed by atoms with van der Waals surface area (Å²) in [6.45, 7) is 3.62. The van der Waals surface area contributed by atoms with Crippen LogP contribution in [0.2, 0.25) is 0 Å². The molecule has 0 fully saturated rings. The fourth-order valence-corrected chi connectivity index (χ4v) is 2.51. The minimum Gasteiger partial charge on any atom is -0.391 e. The molecule has 22 heavy (non-hydrogen) atoms. The summed E-state index contributed by atoms with van der Waals surface area (Å²) in [5, 5.41) is 10.3. The summed E-state index contributed by atoms with van der Waals surface area (Å²) < 4.78 is 0. The third-order valence-electron chi connectivity index (χ3n) is 3.92. The first-order valence-electron chi connectivity index (χ1n) is 7.64. The third-order valence-corrected chi connectivity index (χ3v) is 3.92. The van der Waals surface area contributed by atoms with E-state index in [-0.39, 0.29) is 6.04 Å². The number of rotatable bonds is 7. The van der Waals surface area contributed by atoms with E-state index >= 15 is 0 Å². The molecule has 114 valence electrons. The molecule has 0 aliphatic rings. The van der Waals surface area contributed by atoms with Crippen molar-refractivity contribution in [2.45, 2.75) is 38.6 Å². The van der Waals surface area contributed by atoms with E-state index in [2.05, 4.69) is 35.1 Å². The Bertz CT molecular complexity index is 547. The summed E-state index contributed by atoms with van der Waals surface area (Å²) in [4.78, 5) is 2.27. The molecule has 0 aliphatic carbocycles. The molecule has 0 spiro atoms. The standard InChI is InChI=1S/C20H23NO/c1-3-10-20(22)17(2)21(15-18-11-6-4-7-12-18)16-19-13-8-5-9-14-19/h1,4-9,11-14,17,20,22H,10,15-16H2,2H3. The van der Waals surface area contributed by atoms with Gasteiger partial charge in [0.2, 0.25) is 0 Å². The van der Waals surface area contributed by atoms with Gasteiger partial charge in [-0.25, -0.2) is 0 Å². The van der Waals surface area contributed by atoms with Gasteiger partial charge in [-0.3, -0.25) is 4.90 Å². The second-order valence-corrected chi connectivity index (χ2v) is 5.59. The second kappa shape index (κ2) is 8.38. The minimum atomic E-state index is -0.516. The van der Waals surface area contributed by atoms with Gasteiger partial charge in [0, 0.05) is 25.6 Å². The Hall–Kier alpha value is -2.08. The van der Waals surface area contributed by atoms with Gasteiger partial charge < -0.3 is 5.11 Å². The molecular weight excluding hydrogens is 270 g/mol. The van der Waals surface area contributed by atoms with E-state index in [4.69, 9.17) is 6.42 Å². The van der Waals surface area contributed by atoms with E-state index < -0.39 is 6.10 Å². The maximum atomic E-state index is 10.3. The van der Waals surface area contributed by atoms with Crippen molar-refractivity contribution in [1.82, 2.24) is 4.90 Å². The summed E-state index contributed by atoms with van der Waals surface area (Å²) in [5.41, 5.74) is 2.47. The quantitative estimate of drug-likeness (QED) is 0.790. The van der Waals surface area contributed by atoms with Crippen LogP contribution in [0.3, 0.4) is 0 Å². The number of terminal acetylenes is 1. The Morgan fingerprint density at radius 2 is 1.41 bits per heavy atom. The van der Waals surface area contributed by atoms with Gasteiger partial charge >= 0.3 is 0 Å². The van der Waals surface area contributed by atoms with Crippen molar-refractivity contribution < 1.29 is 5.11 Å². The lowest BCUT2D eigenvalue weighted by Crippen LogP contribution is -2.40. The molecule has 2 unspecified atom stereocenters. The number of aliphatic hydroxyl groups is 1. The predicted molar refractivity (Wildman–Crippen MR) is 91.0 cm³/mol.